The number of halogens is 1. The van der Waals surface area contributed by atoms with Gasteiger partial charge in [0.25, 0.3) is 0 Å². The summed E-state index contributed by atoms with van der Waals surface area (Å²) in [5.41, 5.74) is 1.69. The lowest BCUT2D eigenvalue weighted by Gasteiger charge is -2.26. The Balaban J connectivity index is 1.48. The number of hydrogen-bond acceptors (Lipinski definition) is 4. The molecule has 1 amide bonds. The molecule has 1 aliphatic carbocycles. The van der Waals surface area contributed by atoms with Gasteiger partial charge >= 0.3 is 0 Å². The molecule has 26 heavy (non-hydrogen) atoms. The van der Waals surface area contributed by atoms with Crippen LogP contribution in [0.3, 0.4) is 0 Å². The van der Waals surface area contributed by atoms with Gasteiger partial charge in [-0.05, 0) is 42.5 Å². The van der Waals surface area contributed by atoms with Crippen molar-refractivity contribution in [3.05, 3.63) is 51.4 Å². The first-order valence-electron chi connectivity index (χ1n) is 8.57. The van der Waals surface area contributed by atoms with Crippen LogP contribution in [-0.2, 0) is 34.3 Å². The molecule has 1 aliphatic heterocycles. The molecule has 0 bridgehead atoms. The Kier molecular flexibility index (Phi) is 4.81. The third-order valence-corrected chi connectivity index (χ3v) is 8.24. The van der Waals surface area contributed by atoms with Crippen LogP contribution in [0.25, 0.3) is 0 Å². The number of amides is 1. The topological polar surface area (TPSA) is 66.5 Å². The number of sulfonamides is 1. The van der Waals surface area contributed by atoms with Crippen molar-refractivity contribution < 1.29 is 13.2 Å². The number of thiophene rings is 1. The number of carbonyl (C=O) groups excluding carboxylic acids is 1. The highest BCUT2D eigenvalue weighted by atomic mass is 35.5. The lowest BCUT2D eigenvalue weighted by Crippen LogP contribution is -2.36. The first-order valence-corrected chi connectivity index (χ1v) is 11.3. The number of rotatable bonds is 5. The van der Waals surface area contributed by atoms with Crippen LogP contribution in [0.4, 0.5) is 0 Å². The molecule has 2 aliphatic rings. The molecule has 1 saturated carbocycles. The van der Waals surface area contributed by atoms with Crippen molar-refractivity contribution in [1.82, 2.24) is 9.62 Å². The first-order chi connectivity index (χ1) is 12.4. The van der Waals surface area contributed by atoms with Crippen molar-refractivity contribution in [2.75, 3.05) is 6.54 Å². The summed E-state index contributed by atoms with van der Waals surface area (Å²) in [6, 6.07) is 8.88. The van der Waals surface area contributed by atoms with Gasteiger partial charge in [-0.15, -0.1) is 11.3 Å². The quantitative estimate of drug-likeness (QED) is 0.823. The van der Waals surface area contributed by atoms with Crippen LogP contribution in [0.2, 0.25) is 5.02 Å². The predicted molar refractivity (Wildman–Crippen MR) is 102 cm³/mol. The smallest absolute Gasteiger partial charge is 0.250 e. The lowest BCUT2D eigenvalue weighted by atomic mass is 10.1. The van der Waals surface area contributed by atoms with Gasteiger partial charge in [-0.1, -0.05) is 29.8 Å². The first kappa shape index (κ1) is 18.0. The molecule has 0 radical (unpaired) electrons. The molecule has 1 N–H and O–H groups in total. The molecule has 1 aromatic heterocycles. The van der Waals surface area contributed by atoms with Crippen molar-refractivity contribution in [2.45, 2.75) is 36.6 Å². The van der Waals surface area contributed by atoms with E-state index in [0.29, 0.717) is 22.3 Å². The number of hydrogen-bond donors (Lipinski definition) is 1. The summed E-state index contributed by atoms with van der Waals surface area (Å²) in [7, 11) is -3.60. The molecule has 138 valence electrons. The van der Waals surface area contributed by atoms with Crippen LogP contribution >= 0.6 is 22.9 Å². The Hall–Kier alpha value is -1.41. The van der Waals surface area contributed by atoms with E-state index >= 15 is 0 Å². The molecule has 4 rings (SSSR count). The zero-order valence-corrected chi connectivity index (χ0v) is 16.5. The third-order valence-electron chi connectivity index (χ3n) is 4.76. The second-order valence-corrected chi connectivity index (χ2v) is 10.3. The highest BCUT2D eigenvalue weighted by Gasteiger charge is 2.35. The van der Waals surface area contributed by atoms with Crippen molar-refractivity contribution in [3.8, 4) is 0 Å². The maximum absolute atomic E-state index is 12.6. The van der Waals surface area contributed by atoms with E-state index in [9.17, 15) is 13.2 Å². The Morgan fingerprint density at radius 1 is 1.31 bits per heavy atom. The summed E-state index contributed by atoms with van der Waals surface area (Å²) in [6.07, 6.45) is 2.69. The van der Waals surface area contributed by atoms with Gasteiger partial charge < -0.3 is 4.90 Å². The van der Waals surface area contributed by atoms with Gasteiger partial charge in [0, 0.05) is 35.5 Å². The summed E-state index contributed by atoms with van der Waals surface area (Å²) >= 11 is 7.39. The molecule has 1 fully saturated rings. The third kappa shape index (κ3) is 3.67. The maximum Gasteiger partial charge on any atom is 0.250 e. The number of carbonyl (C=O) groups is 1. The molecular weight excluding hydrogens is 392 g/mol. The summed E-state index contributed by atoms with van der Waals surface area (Å²) in [6.45, 7) is 1.34. The van der Waals surface area contributed by atoms with Gasteiger partial charge in [0.2, 0.25) is 15.9 Å². The largest absolute Gasteiger partial charge is 0.338 e. The Morgan fingerprint density at radius 3 is 2.81 bits per heavy atom. The van der Waals surface area contributed by atoms with Crippen LogP contribution in [0, 0.1) is 5.92 Å². The molecular formula is C18H19ClN2O3S2. The van der Waals surface area contributed by atoms with Crippen LogP contribution < -0.4 is 4.72 Å². The second-order valence-electron chi connectivity index (χ2n) is 6.71. The highest BCUT2D eigenvalue weighted by Crippen LogP contribution is 2.35. The molecule has 0 atom stereocenters. The highest BCUT2D eigenvalue weighted by molar-refractivity contribution is 7.91. The predicted octanol–water partition coefficient (Wildman–Crippen LogP) is 3.17. The average Bonchev–Trinajstić information content (AvgIpc) is 3.38. The fourth-order valence-corrected chi connectivity index (χ4v) is 5.90. The van der Waals surface area contributed by atoms with E-state index in [1.807, 2.05) is 17.0 Å². The molecule has 8 heteroatoms. The van der Waals surface area contributed by atoms with E-state index in [0.717, 1.165) is 35.3 Å². The van der Waals surface area contributed by atoms with Gasteiger partial charge in [0.05, 0.1) is 0 Å². The minimum atomic E-state index is -3.60. The standard InChI is InChI=1S/C18H19ClN2O3S2/c19-15-4-2-1-3-13(15)10-20-26(23,24)17-9-14-11-21(8-7-16(14)25-17)18(22)12-5-6-12/h1-4,9,12,20H,5-8,10-11H2. The van der Waals surface area contributed by atoms with Gasteiger partial charge in [-0.2, -0.15) is 0 Å². The Labute approximate surface area is 162 Å². The Morgan fingerprint density at radius 2 is 2.08 bits per heavy atom. The van der Waals surface area contributed by atoms with E-state index in [-0.39, 0.29) is 18.4 Å². The normalized spacial score (nSPS) is 17.2. The number of fused-ring (bicyclic) bond motifs is 1. The summed E-state index contributed by atoms with van der Waals surface area (Å²) < 4.78 is 28.2. The molecule has 2 heterocycles. The molecule has 0 saturated heterocycles. The zero-order chi connectivity index (χ0) is 18.3. The van der Waals surface area contributed by atoms with E-state index in [4.69, 9.17) is 11.6 Å². The van der Waals surface area contributed by atoms with Gasteiger partial charge in [0.15, 0.2) is 0 Å². The second kappa shape index (κ2) is 6.96. The summed E-state index contributed by atoms with van der Waals surface area (Å²) in [4.78, 5) is 15.2. The van der Waals surface area contributed by atoms with E-state index in [1.54, 1.807) is 18.2 Å². The fourth-order valence-electron chi connectivity index (χ4n) is 3.10. The minimum absolute atomic E-state index is 0.150. The van der Waals surface area contributed by atoms with Gasteiger partial charge in [-0.25, -0.2) is 13.1 Å². The molecule has 5 nitrogen and oxygen atoms in total. The molecule has 1 aromatic carbocycles. The van der Waals surface area contributed by atoms with Crippen LogP contribution in [-0.4, -0.2) is 25.8 Å². The summed E-state index contributed by atoms with van der Waals surface area (Å²) in [5, 5.41) is 0.537. The lowest BCUT2D eigenvalue weighted by molar-refractivity contribution is -0.133. The fraction of sp³-hybridized carbons (Fsp3) is 0.389. The molecule has 0 spiro atoms. The van der Waals surface area contributed by atoms with Gasteiger partial charge in [0.1, 0.15) is 4.21 Å². The minimum Gasteiger partial charge on any atom is -0.338 e. The SMILES string of the molecule is O=C(C1CC1)N1CCc2sc(S(=O)(=O)NCc3ccccc3Cl)cc2C1. The average molecular weight is 411 g/mol. The molecule has 0 unspecified atom stereocenters. The zero-order valence-electron chi connectivity index (χ0n) is 14.1. The van der Waals surface area contributed by atoms with E-state index in [1.165, 1.54) is 11.3 Å². The van der Waals surface area contributed by atoms with Crippen molar-refractivity contribution in [2.24, 2.45) is 5.92 Å². The van der Waals surface area contributed by atoms with Crippen molar-refractivity contribution in [1.29, 1.82) is 0 Å². The number of benzene rings is 1. The van der Waals surface area contributed by atoms with Crippen LogP contribution in [0.1, 0.15) is 28.8 Å². The molecule has 2 aromatic rings. The van der Waals surface area contributed by atoms with E-state index in [2.05, 4.69) is 4.72 Å². The van der Waals surface area contributed by atoms with Crippen molar-refractivity contribution >= 4 is 38.9 Å². The monoisotopic (exact) mass is 410 g/mol. The summed E-state index contributed by atoms with van der Waals surface area (Å²) in [5.74, 6) is 0.402. The number of nitrogens with zero attached hydrogens (tertiary/aromatic N) is 1. The van der Waals surface area contributed by atoms with Gasteiger partial charge in [-0.3, -0.25) is 4.79 Å². The van der Waals surface area contributed by atoms with Crippen LogP contribution in [0.5, 0.6) is 0 Å². The van der Waals surface area contributed by atoms with Crippen LogP contribution in [0.15, 0.2) is 34.5 Å². The van der Waals surface area contributed by atoms with Crippen molar-refractivity contribution in [3.63, 3.8) is 0 Å². The van der Waals surface area contributed by atoms with E-state index < -0.39 is 10.0 Å². The maximum atomic E-state index is 12.6. The Bertz CT molecular complexity index is 951. The number of nitrogens with one attached hydrogen (secondary N) is 1.